The van der Waals surface area contributed by atoms with Gasteiger partial charge in [0, 0.05) is 6.20 Å². The molecule has 0 amide bonds. The Morgan fingerprint density at radius 1 is 1.92 bits per heavy atom. The third-order valence-corrected chi connectivity index (χ3v) is 2.44. The largest absolute Gasteiger partial charge is 0.481 e. The molecule has 12 heavy (non-hydrogen) atoms. The summed E-state index contributed by atoms with van der Waals surface area (Å²) in [6, 6.07) is 0. The number of carboxylic acid groups (broad SMARTS) is 1. The molecule has 0 fully saturated rings. The smallest absolute Gasteiger partial charge is 0.306 e. The minimum Gasteiger partial charge on any atom is -0.481 e. The van der Waals surface area contributed by atoms with Gasteiger partial charge in [0.25, 0.3) is 0 Å². The van der Waals surface area contributed by atoms with Crippen molar-refractivity contribution < 1.29 is 14.3 Å². The predicted octanol–water partition coefficient (Wildman–Crippen LogP) is 1.80. The van der Waals surface area contributed by atoms with E-state index in [0.29, 0.717) is 4.88 Å². The molecule has 66 valence electrons. The Hall–Kier alpha value is -0.970. The quantitative estimate of drug-likeness (QED) is 0.788. The molecule has 0 radical (unpaired) electrons. The van der Waals surface area contributed by atoms with Crippen molar-refractivity contribution in [1.82, 2.24) is 4.98 Å². The van der Waals surface area contributed by atoms with Crippen molar-refractivity contribution in [1.29, 1.82) is 0 Å². The van der Waals surface area contributed by atoms with E-state index in [1.165, 1.54) is 18.6 Å². The molecule has 0 aliphatic carbocycles. The molecule has 0 bridgehead atoms. The molecule has 1 heterocycles. The monoisotopic (exact) mass is 189 g/mol. The van der Waals surface area contributed by atoms with Gasteiger partial charge in [-0.25, -0.2) is 4.39 Å². The van der Waals surface area contributed by atoms with Gasteiger partial charge in [-0.1, -0.05) is 0 Å². The molecule has 0 aromatic carbocycles. The fraction of sp³-hybridized carbons (Fsp3) is 0.429. The number of nitrogens with zero attached hydrogens (tertiary/aromatic N) is 1. The van der Waals surface area contributed by atoms with Crippen LogP contribution in [-0.4, -0.2) is 16.1 Å². The molecule has 1 aromatic rings. The second-order valence-electron chi connectivity index (χ2n) is 2.63. The lowest BCUT2D eigenvalue weighted by Gasteiger charge is -2.14. The van der Waals surface area contributed by atoms with E-state index in [2.05, 4.69) is 4.98 Å². The molecule has 1 atom stereocenters. The Morgan fingerprint density at radius 3 is 3.00 bits per heavy atom. The molecule has 1 rings (SSSR count). The number of halogens is 1. The van der Waals surface area contributed by atoms with E-state index >= 15 is 0 Å². The van der Waals surface area contributed by atoms with Crippen molar-refractivity contribution in [2.24, 2.45) is 0 Å². The molecular formula is C7H8FNO2S. The maximum absolute atomic E-state index is 13.5. The van der Waals surface area contributed by atoms with Crippen LogP contribution in [0.4, 0.5) is 4.39 Å². The molecule has 1 N–H and O–H groups in total. The van der Waals surface area contributed by atoms with Gasteiger partial charge in [0.15, 0.2) is 5.67 Å². The average molecular weight is 189 g/mol. The number of carboxylic acids is 1. The normalized spacial score (nSPS) is 15.5. The lowest BCUT2D eigenvalue weighted by atomic mass is 10.0. The van der Waals surface area contributed by atoms with E-state index in [-0.39, 0.29) is 0 Å². The van der Waals surface area contributed by atoms with Gasteiger partial charge < -0.3 is 5.11 Å². The Labute approximate surface area is 72.9 Å². The zero-order valence-corrected chi connectivity index (χ0v) is 7.27. The van der Waals surface area contributed by atoms with Crippen LogP contribution in [0.25, 0.3) is 0 Å². The fourth-order valence-corrected chi connectivity index (χ4v) is 1.52. The first-order valence-electron chi connectivity index (χ1n) is 3.32. The third kappa shape index (κ3) is 2.01. The summed E-state index contributed by atoms with van der Waals surface area (Å²) in [5, 5.41) is 8.39. The lowest BCUT2D eigenvalue weighted by Crippen LogP contribution is -2.18. The van der Waals surface area contributed by atoms with Gasteiger partial charge in [-0.05, 0) is 6.92 Å². The standard InChI is InChI=1S/C7H8FNO2S/c1-7(8,2-6(10)11)5-3-9-4-12-5/h3-4H,2H2,1H3,(H,10,11). The highest BCUT2D eigenvalue weighted by Gasteiger charge is 2.30. The first kappa shape index (κ1) is 9.12. The Morgan fingerprint density at radius 2 is 2.58 bits per heavy atom. The summed E-state index contributed by atoms with van der Waals surface area (Å²) in [5.41, 5.74) is -0.317. The number of aromatic nitrogens is 1. The van der Waals surface area contributed by atoms with Gasteiger partial charge in [-0.3, -0.25) is 9.78 Å². The molecule has 0 spiro atoms. The highest BCUT2D eigenvalue weighted by atomic mass is 32.1. The van der Waals surface area contributed by atoms with Crippen LogP contribution in [0.5, 0.6) is 0 Å². The van der Waals surface area contributed by atoms with Crippen molar-refractivity contribution in [2.75, 3.05) is 0 Å². The van der Waals surface area contributed by atoms with Crippen molar-refractivity contribution in [3.8, 4) is 0 Å². The van der Waals surface area contributed by atoms with E-state index in [9.17, 15) is 9.18 Å². The molecule has 1 unspecified atom stereocenters. The van der Waals surface area contributed by atoms with Crippen molar-refractivity contribution in [3.63, 3.8) is 0 Å². The van der Waals surface area contributed by atoms with Gasteiger partial charge in [-0.2, -0.15) is 0 Å². The summed E-state index contributed by atoms with van der Waals surface area (Å²) < 4.78 is 13.5. The molecular weight excluding hydrogens is 181 g/mol. The number of hydrogen-bond donors (Lipinski definition) is 1. The van der Waals surface area contributed by atoms with Crippen molar-refractivity contribution in [3.05, 3.63) is 16.6 Å². The molecule has 3 nitrogen and oxygen atoms in total. The summed E-state index contributed by atoms with van der Waals surface area (Å²) in [6.07, 6.45) is 0.836. The predicted molar refractivity (Wildman–Crippen MR) is 42.8 cm³/mol. The first-order valence-corrected chi connectivity index (χ1v) is 4.20. The number of aliphatic carboxylic acids is 1. The summed E-state index contributed by atoms with van der Waals surface area (Å²) in [5.74, 6) is -1.14. The molecule has 0 aliphatic rings. The summed E-state index contributed by atoms with van der Waals surface area (Å²) in [4.78, 5) is 14.3. The number of thiazole rings is 1. The maximum Gasteiger partial charge on any atom is 0.306 e. The van der Waals surface area contributed by atoms with E-state index in [4.69, 9.17) is 5.11 Å². The van der Waals surface area contributed by atoms with Gasteiger partial charge in [0.05, 0.1) is 16.8 Å². The Bertz CT molecular complexity index is 271. The molecule has 0 saturated carbocycles. The average Bonchev–Trinajstić information content (AvgIpc) is 2.32. The van der Waals surface area contributed by atoms with Gasteiger partial charge in [0.1, 0.15) is 0 Å². The van der Waals surface area contributed by atoms with Crippen LogP contribution in [0, 0.1) is 0 Å². The number of alkyl halides is 1. The van der Waals surface area contributed by atoms with Crippen LogP contribution in [0.3, 0.4) is 0 Å². The Balaban J connectivity index is 2.79. The van der Waals surface area contributed by atoms with Gasteiger partial charge in [-0.15, -0.1) is 11.3 Å². The van der Waals surface area contributed by atoms with Crippen LogP contribution in [-0.2, 0) is 10.5 Å². The SMILES string of the molecule is CC(F)(CC(=O)O)c1cncs1. The van der Waals surface area contributed by atoms with Crippen LogP contribution in [0.15, 0.2) is 11.7 Å². The van der Waals surface area contributed by atoms with Gasteiger partial charge in [0.2, 0.25) is 0 Å². The zero-order valence-electron chi connectivity index (χ0n) is 6.45. The lowest BCUT2D eigenvalue weighted by molar-refractivity contribution is -0.140. The third-order valence-electron chi connectivity index (χ3n) is 1.43. The molecule has 0 aliphatic heterocycles. The van der Waals surface area contributed by atoms with E-state index < -0.39 is 18.1 Å². The van der Waals surface area contributed by atoms with E-state index in [0.717, 1.165) is 11.3 Å². The minimum absolute atomic E-state index is 0.352. The zero-order chi connectivity index (χ0) is 9.19. The van der Waals surface area contributed by atoms with Crippen LogP contribution < -0.4 is 0 Å². The molecule has 1 aromatic heterocycles. The topological polar surface area (TPSA) is 50.2 Å². The first-order chi connectivity index (χ1) is 5.52. The number of rotatable bonds is 3. The van der Waals surface area contributed by atoms with Crippen LogP contribution in [0.2, 0.25) is 0 Å². The van der Waals surface area contributed by atoms with Crippen LogP contribution in [0.1, 0.15) is 18.2 Å². The van der Waals surface area contributed by atoms with Crippen molar-refractivity contribution in [2.45, 2.75) is 19.0 Å². The van der Waals surface area contributed by atoms with E-state index in [1.807, 2.05) is 0 Å². The molecule has 0 saturated heterocycles. The minimum atomic E-state index is -1.80. The number of hydrogen-bond acceptors (Lipinski definition) is 3. The highest BCUT2D eigenvalue weighted by Crippen LogP contribution is 2.31. The number of carbonyl (C=O) groups is 1. The second-order valence-corrected chi connectivity index (χ2v) is 3.52. The maximum atomic E-state index is 13.5. The van der Waals surface area contributed by atoms with Gasteiger partial charge >= 0.3 is 5.97 Å². The van der Waals surface area contributed by atoms with Crippen molar-refractivity contribution >= 4 is 17.3 Å². The summed E-state index contributed by atoms with van der Waals surface area (Å²) in [6.45, 7) is 1.24. The fourth-order valence-electron chi connectivity index (χ4n) is 0.844. The van der Waals surface area contributed by atoms with Crippen LogP contribution >= 0.6 is 11.3 Å². The molecule has 5 heteroatoms. The van der Waals surface area contributed by atoms with E-state index in [1.54, 1.807) is 0 Å². The summed E-state index contributed by atoms with van der Waals surface area (Å²) in [7, 11) is 0. The highest BCUT2D eigenvalue weighted by molar-refractivity contribution is 7.09. The second kappa shape index (κ2) is 3.18. The Kier molecular flexibility index (Phi) is 2.42. The summed E-state index contributed by atoms with van der Waals surface area (Å²) >= 11 is 1.12.